The molecule has 0 amide bonds. The van der Waals surface area contributed by atoms with Crippen LogP contribution in [0.4, 0.5) is 16.0 Å². The van der Waals surface area contributed by atoms with Gasteiger partial charge in [-0.3, -0.25) is 0 Å². The average Bonchev–Trinajstić information content (AvgIpc) is 2.55. The summed E-state index contributed by atoms with van der Waals surface area (Å²) in [4.78, 5) is 8.43. The van der Waals surface area contributed by atoms with Crippen molar-refractivity contribution in [3.63, 3.8) is 0 Å². The Morgan fingerprint density at radius 3 is 2.83 bits per heavy atom. The van der Waals surface area contributed by atoms with Gasteiger partial charge in [0.1, 0.15) is 17.3 Å². The van der Waals surface area contributed by atoms with Crippen LogP contribution in [0.2, 0.25) is 5.02 Å². The van der Waals surface area contributed by atoms with Gasteiger partial charge in [-0.25, -0.2) is 14.4 Å². The highest BCUT2D eigenvalue weighted by Crippen LogP contribution is 2.29. The van der Waals surface area contributed by atoms with E-state index in [0.717, 1.165) is 5.56 Å². The lowest BCUT2D eigenvalue weighted by molar-refractivity contribution is -0.00118. The lowest BCUT2D eigenvalue weighted by atomic mass is 9.96. The molecular weight excluding hydrogens is 319 g/mol. The topological polar surface area (TPSA) is 73.1 Å². The highest BCUT2D eigenvalue weighted by molar-refractivity contribution is 6.33. The predicted molar refractivity (Wildman–Crippen MR) is 89.3 cm³/mol. The summed E-state index contributed by atoms with van der Waals surface area (Å²) >= 11 is 6.22. The molecule has 3 rings (SSSR count). The summed E-state index contributed by atoms with van der Waals surface area (Å²) in [7, 11) is 0. The summed E-state index contributed by atoms with van der Waals surface area (Å²) < 4.78 is 19.8. The molecule has 0 bridgehead atoms. The van der Waals surface area contributed by atoms with Crippen LogP contribution < -0.4 is 11.1 Å². The summed E-state index contributed by atoms with van der Waals surface area (Å²) in [6, 6.07) is 6.95. The van der Waals surface area contributed by atoms with Crippen LogP contribution in [0.3, 0.4) is 0 Å². The van der Waals surface area contributed by atoms with Gasteiger partial charge < -0.3 is 15.8 Å². The zero-order valence-corrected chi connectivity index (χ0v) is 13.3. The van der Waals surface area contributed by atoms with E-state index in [1.165, 1.54) is 0 Å². The molecule has 1 aliphatic heterocycles. The number of hydrogen-bond acceptors (Lipinski definition) is 5. The molecule has 3 heterocycles. The molecule has 0 unspecified atom stereocenters. The number of aromatic nitrogens is 2. The fraction of sp³-hybridized carbons (Fsp3) is 0.375. The van der Waals surface area contributed by atoms with Gasteiger partial charge in [0.2, 0.25) is 0 Å². The first-order chi connectivity index (χ1) is 11.1. The molecule has 2 aromatic rings. The molecule has 5 nitrogen and oxygen atoms in total. The number of nitrogens with two attached hydrogens (primary N) is 1. The van der Waals surface area contributed by atoms with Gasteiger partial charge in [0.05, 0.1) is 17.3 Å². The second kappa shape index (κ2) is 6.68. The number of nitrogen functional groups attached to an aromatic ring is 1. The summed E-state index contributed by atoms with van der Waals surface area (Å²) in [5, 5.41) is 3.56. The molecule has 0 aliphatic carbocycles. The highest BCUT2D eigenvalue weighted by atomic mass is 35.5. The average molecular weight is 337 g/mol. The van der Waals surface area contributed by atoms with Crippen LogP contribution in [0.25, 0.3) is 11.3 Å². The van der Waals surface area contributed by atoms with Crippen molar-refractivity contribution >= 4 is 23.2 Å². The number of halogens is 2. The first kappa shape index (κ1) is 16.0. The Morgan fingerprint density at radius 1 is 1.30 bits per heavy atom. The molecule has 0 spiro atoms. The van der Waals surface area contributed by atoms with Crippen molar-refractivity contribution in [3.05, 3.63) is 35.5 Å². The third-order valence-corrected chi connectivity index (χ3v) is 4.18. The monoisotopic (exact) mass is 336 g/mol. The number of rotatable bonds is 4. The normalized spacial score (nSPS) is 17.0. The zero-order chi connectivity index (χ0) is 16.3. The SMILES string of the molecule is Nc1cc(-c2nc(NCC3(F)CCOCC3)ccc2Cl)ccn1. The molecule has 7 heteroatoms. The third kappa shape index (κ3) is 3.89. The maximum atomic E-state index is 14.6. The second-order valence-electron chi connectivity index (χ2n) is 5.61. The van der Waals surface area contributed by atoms with E-state index in [2.05, 4.69) is 15.3 Å². The number of pyridine rings is 2. The van der Waals surface area contributed by atoms with Crippen molar-refractivity contribution in [1.82, 2.24) is 9.97 Å². The molecule has 0 radical (unpaired) electrons. The number of nitrogens with zero attached hydrogens (tertiary/aromatic N) is 2. The van der Waals surface area contributed by atoms with E-state index in [4.69, 9.17) is 22.1 Å². The molecule has 1 saturated heterocycles. The largest absolute Gasteiger partial charge is 0.384 e. The highest BCUT2D eigenvalue weighted by Gasteiger charge is 2.32. The van der Waals surface area contributed by atoms with Crippen LogP contribution in [0, 0.1) is 0 Å². The minimum atomic E-state index is -1.26. The Balaban J connectivity index is 1.77. The summed E-state index contributed by atoms with van der Waals surface area (Å²) in [6.45, 7) is 1.10. The fourth-order valence-corrected chi connectivity index (χ4v) is 2.72. The quantitative estimate of drug-likeness (QED) is 0.896. The number of alkyl halides is 1. The number of nitrogens with one attached hydrogen (secondary N) is 1. The predicted octanol–water partition coefficient (Wildman–Crippen LogP) is 3.31. The van der Waals surface area contributed by atoms with Crippen molar-refractivity contribution in [3.8, 4) is 11.3 Å². The number of ether oxygens (including phenoxy) is 1. The van der Waals surface area contributed by atoms with Gasteiger partial charge in [-0.05, 0) is 24.3 Å². The first-order valence-corrected chi connectivity index (χ1v) is 7.83. The van der Waals surface area contributed by atoms with Gasteiger partial charge in [-0.2, -0.15) is 0 Å². The van der Waals surface area contributed by atoms with Crippen LogP contribution >= 0.6 is 11.6 Å². The molecule has 2 aromatic heterocycles. The van der Waals surface area contributed by atoms with Gasteiger partial charge in [-0.15, -0.1) is 0 Å². The van der Waals surface area contributed by atoms with Crippen LogP contribution in [0.15, 0.2) is 30.5 Å². The lowest BCUT2D eigenvalue weighted by Crippen LogP contribution is -2.38. The molecule has 0 aromatic carbocycles. The van der Waals surface area contributed by atoms with Gasteiger partial charge in [0.15, 0.2) is 0 Å². The number of hydrogen-bond donors (Lipinski definition) is 2. The van der Waals surface area contributed by atoms with Gasteiger partial charge >= 0.3 is 0 Å². The molecule has 0 atom stereocenters. The first-order valence-electron chi connectivity index (χ1n) is 7.45. The van der Waals surface area contributed by atoms with E-state index < -0.39 is 5.67 Å². The molecule has 23 heavy (non-hydrogen) atoms. The Kier molecular flexibility index (Phi) is 4.63. The molecular formula is C16H18ClFN4O. The van der Waals surface area contributed by atoms with E-state index >= 15 is 0 Å². The molecule has 1 aliphatic rings. The Hall–Kier alpha value is -1.92. The second-order valence-corrected chi connectivity index (χ2v) is 6.02. The van der Waals surface area contributed by atoms with Crippen molar-refractivity contribution in [2.24, 2.45) is 0 Å². The standard InChI is InChI=1S/C16H18ClFN4O/c17-12-1-2-14(21-10-16(18)4-7-23-8-5-16)22-15(12)11-3-6-20-13(19)9-11/h1-3,6,9H,4-5,7-8,10H2,(H2,19,20)(H,21,22). The van der Waals surface area contributed by atoms with Crippen LogP contribution in [0.1, 0.15) is 12.8 Å². The zero-order valence-electron chi connectivity index (χ0n) is 12.6. The van der Waals surface area contributed by atoms with E-state index in [1.807, 2.05) is 0 Å². The van der Waals surface area contributed by atoms with Crippen molar-refractivity contribution < 1.29 is 9.13 Å². The third-order valence-electron chi connectivity index (χ3n) is 3.88. The Bertz CT molecular complexity index is 692. The molecule has 3 N–H and O–H groups in total. The van der Waals surface area contributed by atoms with E-state index in [0.29, 0.717) is 48.4 Å². The van der Waals surface area contributed by atoms with E-state index in [1.54, 1.807) is 30.5 Å². The maximum Gasteiger partial charge on any atom is 0.132 e. The number of anilines is 2. The van der Waals surface area contributed by atoms with Gasteiger partial charge in [0, 0.05) is 37.8 Å². The van der Waals surface area contributed by atoms with Crippen molar-refractivity contribution in [2.75, 3.05) is 30.8 Å². The smallest absolute Gasteiger partial charge is 0.132 e. The molecule has 0 saturated carbocycles. The van der Waals surface area contributed by atoms with Gasteiger partial charge in [-0.1, -0.05) is 11.6 Å². The van der Waals surface area contributed by atoms with Crippen molar-refractivity contribution in [1.29, 1.82) is 0 Å². The van der Waals surface area contributed by atoms with Gasteiger partial charge in [0.25, 0.3) is 0 Å². The summed E-state index contributed by atoms with van der Waals surface area (Å²) in [5.41, 5.74) is 5.79. The van der Waals surface area contributed by atoms with Crippen LogP contribution in [-0.2, 0) is 4.74 Å². The summed E-state index contributed by atoms with van der Waals surface area (Å²) in [6.07, 6.45) is 2.38. The fourth-order valence-electron chi connectivity index (χ4n) is 2.50. The lowest BCUT2D eigenvalue weighted by Gasteiger charge is -2.29. The van der Waals surface area contributed by atoms with Crippen LogP contribution in [-0.4, -0.2) is 35.4 Å². The summed E-state index contributed by atoms with van der Waals surface area (Å²) in [5.74, 6) is 0.965. The Morgan fingerprint density at radius 2 is 2.09 bits per heavy atom. The maximum absolute atomic E-state index is 14.6. The minimum absolute atomic E-state index is 0.197. The van der Waals surface area contributed by atoms with E-state index in [-0.39, 0.29) is 6.54 Å². The van der Waals surface area contributed by atoms with Crippen molar-refractivity contribution in [2.45, 2.75) is 18.5 Å². The Labute approximate surface area is 139 Å². The minimum Gasteiger partial charge on any atom is -0.384 e. The van der Waals surface area contributed by atoms with Crippen LogP contribution in [0.5, 0.6) is 0 Å². The molecule has 1 fully saturated rings. The van der Waals surface area contributed by atoms with E-state index in [9.17, 15) is 4.39 Å². The molecule has 122 valence electrons.